The third-order valence-electron chi connectivity index (χ3n) is 4.60. The van der Waals surface area contributed by atoms with Gasteiger partial charge in [0.2, 0.25) is 11.7 Å². The maximum absolute atomic E-state index is 12.0. The highest BCUT2D eigenvalue weighted by molar-refractivity contribution is 5.87. The monoisotopic (exact) mass is 405 g/mol. The van der Waals surface area contributed by atoms with Crippen molar-refractivity contribution in [1.29, 1.82) is 0 Å². The van der Waals surface area contributed by atoms with E-state index in [1.807, 2.05) is 49.4 Å². The third-order valence-corrected chi connectivity index (χ3v) is 4.60. The summed E-state index contributed by atoms with van der Waals surface area (Å²) in [6, 6.07) is 13.3. The Bertz CT molecular complexity index is 1080. The zero-order valence-corrected chi connectivity index (χ0v) is 16.7. The van der Waals surface area contributed by atoms with Gasteiger partial charge in [0.15, 0.2) is 5.65 Å². The largest absolute Gasteiger partial charge is 0.339 e. The first-order chi connectivity index (χ1) is 14.7. The molecule has 0 saturated carbocycles. The lowest BCUT2D eigenvalue weighted by Gasteiger charge is -2.04. The van der Waals surface area contributed by atoms with Crippen LogP contribution in [0.5, 0.6) is 0 Å². The Morgan fingerprint density at radius 1 is 1.07 bits per heavy atom. The molecule has 0 radical (unpaired) electrons. The summed E-state index contributed by atoms with van der Waals surface area (Å²) in [5.41, 5.74) is 2.82. The molecule has 30 heavy (non-hydrogen) atoms. The Kier molecular flexibility index (Phi) is 5.98. The van der Waals surface area contributed by atoms with Crippen molar-refractivity contribution in [2.45, 2.75) is 32.6 Å². The van der Waals surface area contributed by atoms with Crippen LogP contribution in [0.1, 0.15) is 30.7 Å². The summed E-state index contributed by atoms with van der Waals surface area (Å²) in [6.07, 6.45) is 5.20. The number of hydrogen-bond donors (Lipinski definition) is 2. The Morgan fingerprint density at radius 3 is 2.77 bits per heavy atom. The molecule has 4 aromatic rings. The summed E-state index contributed by atoms with van der Waals surface area (Å²) in [5, 5.41) is 13.7. The number of pyridine rings is 1. The van der Waals surface area contributed by atoms with Crippen molar-refractivity contribution in [3.05, 3.63) is 60.1 Å². The molecule has 0 aliphatic rings. The molecule has 0 bridgehead atoms. The highest BCUT2D eigenvalue weighted by atomic mass is 16.5. The quantitative estimate of drug-likeness (QED) is 0.433. The van der Waals surface area contributed by atoms with E-state index in [1.54, 1.807) is 10.7 Å². The fourth-order valence-electron chi connectivity index (χ4n) is 2.99. The molecule has 0 saturated heterocycles. The number of hydrogen-bond acceptors (Lipinski definition) is 6. The van der Waals surface area contributed by atoms with Crippen LogP contribution in [-0.2, 0) is 6.42 Å². The van der Waals surface area contributed by atoms with E-state index in [-0.39, 0.29) is 12.0 Å². The van der Waals surface area contributed by atoms with Gasteiger partial charge in [-0.1, -0.05) is 47.5 Å². The molecule has 0 atom stereocenters. The first-order valence-electron chi connectivity index (χ1n) is 9.93. The lowest BCUT2D eigenvalue weighted by molar-refractivity contribution is 0.251. The van der Waals surface area contributed by atoms with Gasteiger partial charge in [0.1, 0.15) is 0 Å². The number of anilines is 1. The zero-order valence-electron chi connectivity index (χ0n) is 16.7. The number of rotatable bonds is 8. The molecule has 154 valence electrons. The normalized spacial score (nSPS) is 11.0. The van der Waals surface area contributed by atoms with E-state index in [0.717, 1.165) is 31.2 Å². The molecular weight excluding hydrogens is 382 g/mol. The highest BCUT2D eigenvalue weighted by Crippen LogP contribution is 2.17. The maximum Gasteiger partial charge on any atom is 0.321 e. The van der Waals surface area contributed by atoms with Crippen molar-refractivity contribution in [3.8, 4) is 11.4 Å². The van der Waals surface area contributed by atoms with Crippen molar-refractivity contribution in [1.82, 2.24) is 30.1 Å². The van der Waals surface area contributed by atoms with Gasteiger partial charge in [0.05, 0.1) is 0 Å². The van der Waals surface area contributed by atoms with E-state index in [4.69, 9.17) is 4.52 Å². The molecule has 0 unspecified atom stereocenters. The second-order valence-corrected chi connectivity index (χ2v) is 7.01. The molecule has 0 spiro atoms. The van der Waals surface area contributed by atoms with Crippen molar-refractivity contribution >= 4 is 17.6 Å². The predicted molar refractivity (Wildman–Crippen MR) is 112 cm³/mol. The van der Waals surface area contributed by atoms with Gasteiger partial charge in [-0.25, -0.2) is 9.31 Å². The second-order valence-electron chi connectivity index (χ2n) is 7.01. The van der Waals surface area contributed by atoms with Crippen molar-refractivity contribution in [2.24, 2.45) is 0 Å². The summed E-state index contributed by atoms with van der Waals surface area (Å²) >= 11 is 0. The van der Waals surface area contributed by atoms with E-state index in [9.17, 15) is 4.79 Å². The summed E-state index contributed by atoms with van der Waals surface area (Å²) < 4.78 is 6.94. The lowest BCUT2D eigenvalue weighted by Crippen LogP contribution is -2.30. The Labute approximate surface area is 173 Å². The topological polar surface area (TPSA) is 110 Å². The molecule has 9 heteroatoms. The minimum absolute atomic E-state index is 0.277. The smallest absolute Gasteiger partial charge is 0.321 e. The number of amides is 2. The average molecular weight is 405 g/mol. The molecule has 9 nitrogen and oxygen atoms in total. The first-order valence-corrected chi connectivity index (χ1v) is 9.93. The van der Waals surface area contributed by atoms with Crippen molar-refractivity contribution in [2.75, 3.05) is 11.9 Å². The summed E-state index contributed by atoms with van der Waals surface area (Å²) in [4.78, 5) is 20.6. The maximum atomic E-state index is 12.0. The number of unbranched alkanes of at least 4 members (excludes halogenated alkanes) is 2. The van der Waals surface area contributed by atoms with Gasteiger partial charge in [0, 0.05) is 24.7 Å². The molecule has 2 amide bonds. The minimum atomic E-state index is -0.314. The number of nitrogens with zero attached hydrogens (tertiary/aromatic N) is 5. The number of urea groups is 1. The third kappa shape index (κ3) is 4.99. The number of carbonyl (C=O) groups is 1. The van der Waals surface area contributed by atoms with Gasteiger partial charge in [-0.2, -0.15) is 9.97 Å². The SMILES string of the molecule is Cc1ccc(-c2noc(CCCCCNC(=O)Nc3nc4ccccn4n3)n2)cc1. The van der Waals surface area contributed by atoms with Crippen LogP contribution in [0.3, 0.4) is 0 Å². The van der Waals surface area contributed by atoms with Gasteiger partial charge in [0.25, 0.3) is 5.95 Å². The highest BCUT2D eigenvalue weighted by Gasteiger charge is 2.09. The fraction of sp³-hybridized carbons (Fsp3) is 0.286. The second kappa shape index (κ2) is 9.17. The van der Waals surface area contributed by atoms with Crippen molar-refractivity contribution in [3.63, 3.8) is 0 Å². The number of benzene rings is 1. The van der Waals surface area contributed by atoms with Crippen LogP contribution >= 0.6 is 0 Å². The molecule has 0 fully saturated rings. The van der Waals surface area contributed by atoms with Gasteiger partial charge in [-0.15, -0.1) is 5.10 Å². The number of aromatic nitrogens is 5. The van der Waals surface area contributed by atoms with Gasteiger partial charge < -0.3 is 9.84 Å². The summed E-state index contributed by atoms with van der Waals surface area (Å²) in [5.74, 6) is 1.53. The lowest BCUT2D eigenvalue weighted by atomic mass is 10.1. The van der Waals surface area contributed by atoms with Crippen LogP contribution in [-0.4, -0.2) is 37.3 Å². The average Bonchev–Trinajstić information content (AvgIpc) is 3.37. The van der Waals surface area contributed by atoms with Crippen LogP contribution in [0.2, 0.25) is 0 Å². The van der Waals surface area contributed by atoms with Crippen LogP contribution < -0.4 is 10.6 Å². The predicted octanol–water partition coefficient (Wildman–Crippen LogP) is 3.62. The van der Waals surface area contributed by atoms with E-state index in [0.29, 0.717) is 23.9 Å². The van der Waals surface area contributed by atoms with E-state index < -0.39 is 0 Å². The molecular formula is C21H23N7O2. The van der Waals surface area contributed by atoms with E-state index >= 15 is 0 Å². The Hall–Kier alpha value is -3.75. The molecule has 3 aromatic heterocycles. The van der Waals surface area contributed by atoms with Crippen LogP contribution in [0.15, 0.2) is 53.2 Å². The van der Waals surface area contributed by atoms with Crippen LogP contribution in [0.25, 0.3) is 17.0 Å². The number of aryl methyl sites for hydroxylation is 2. The Morgan fingerprint density at radius 2 is 1.93 bits per heavy atom. The van der Waals surface area contributed by atoms with Crippen LogP contribution in [0.4, 0.5) is 10.7 Å². The van der Waals surface area contributed by atoms with Gasteiger partial charge in [-0.3, -0.25) is 5.32 Å². The first kappa shape index (κ1) is 19.6. The van der Waals surface area contributed by atoms with Crippen molar-refractivity contribution < 1.29 is 9.32 Å². The Balaban J connectivity index is 1.13. The molecule has 3 heterocycles. The van der Waals surface area contributed by atoms with E-state index in [1.165, 1.54) is 5.56 Å². The standard InChI is InChI=1S/C21H23N7O2/c1-15-9-11-16(12-10-15)19-24-18(30-27-19)8-3-2-5-13-22-21(29)25-20-23-17-7-4-6-14-28(17)26-20/h4,6-7,9-12,14H,2-3,5,8,13H2,1H3,(H2,22,25,26,29). The van der Waals surface area contributed by atoms with Crippen LogP contribution in [0, 0.1) is 6.92 Å². The number of nitrogens with one attached hydrogen (secondary N) is 2. The number of fused-ring (bicyclic) bond motifs is 1. The molecule has 4 rings (SSSR count). The molecule has 2 N–H and O–H groups in total. The zero-order chi connectivity index (χ0) is 20.8. The summed E-state index contributed by atoms with van der Waals surface area (Å²) in [7, 11) is 0. The van der Waals surface area contributed by atoms with Gasteiger partial charge in [-0.05, 0) is 31.9 Å². The minimum Gasteiger partial charge on any atom is -0.339 e. The van der Waals surface area contributed by atoms with E-state index in [2.05, 4.69) is 30.9 Å². The van der Waals surface area contributed by atoms with Gasteiger partial charge >= 0.3 is 6.03 Å². The fourth-order valence-corrected chi connectivity index (χ4v) is 2.99. The molecule has 0 aliphatic heterocycles. The molecule has 0 aliphatic carbocycles. The molecule has 1 aromatic carbocycles. The summed E-state index contributed by atoms with van der Waals surface area (Å²) in [6.45, 7) is 2.61. The number of carbonyl (C=O) groups excluding carboxylic acids is 1.